The van der Waals surface area contributed by atoms with E-state index in [0.717, 1.165) is 0 Å². The standard InChI is InChI=1S/C8H6F3NO2/c1-14-6-2-4(9)7(8(10)11)12-5(6)3-13/h2-3,8H,1H3. The number of alkyl halides is 2. The molecular weight excluding hydrogens is 199 g/mol. The molecule has 1 heterocycles. The first-order valence-electron chi connectivity index (χ1n) is 3.58. The van der Waals surface area contributed by atoms with Crippen molar-refractivity contribution >= 4 is 6.29 Å². The minimum atomic E-state index is -3.06. The molecule has 0 spiro atoms. The number of methoxy groups -OCH3 is 1. The Balaban J connectivity index is 3.30. The predicted octanol–water partition coefficient (Wildman–Crippen LogP) is 1.98. The molecule has 14 heavy (non-hydrogen) atoms. The fourth-order valence-corrected chi connectivity index (χ4v) is 0.902. The molecule has 0 amide bonds. The van der Waals surface area contributed by atoms with Gasteiger partial charge in [0.15, 0.2) is 17.9 Å². The van der Waals surface area contributed by atoms with Crippen molar-refractivity contribution in [3.05, 3.63) is 23.3 Å². The summed E-state index contributed by atoms with van der Waals surface area (Å²) in [5, 5.41) is 0. The topological polar surface area (TPSA) is 39.2 Å². The number of nitrogens with zero attached hydrogens (tertiary/aromatic N) is 1. The number of hydrogen-bond donors (Lipinski definition) is 0. The van der Waals surface area contributed by atoms with Gasteiger partial charge in [-0.2, -0.15) is 0 Å². The van der Waals surface area contributed by atoms with Gasteiger partial charge in [0.1, 0.15) is 11.4 Å². The van der Waals surface area contributed by atoms with Crippen LogP contribution in [0.5, 0.6) is 5.75 Å². The number of pyridine rings is 1. The van der Waals surface area contributed by atoms with E-state index in [0.29, 0.717) is 6.07 Å². The van der Waals surface area contributed by atoms with E-state index in [1.165, 1.54) is 7.11 Å². The lowest BCUT2D eigenvalue weighted by Gasteiger charge is -2.06. The van der Waals surface area contributed by atoms with E-state index in [1.54, 1.807) is 0 Å². The molecule has 0 bridgehead atoms. The fourth-order valence-electron chi connectivity index (χ4n) is 0.902. The first-order chi connectivity index (χ1) is 6.60. The molecule has 0 fully saturated rings. The molecule has 0 atom stereocenters. The van der Waals surface area contributed by atoms with Crippen molar-refractivity contribution in [2.24, 2.45) is 0 Å². The Kier molecular flexibility index (Phi) is 3.06. The van der Waals surface area contributed by atoms with E-state index in [2.05, 4.69) is 9.72 Å². The van der Waals surface area contributed by atoms with E-state index in [4.69, 9.17) is 0 Å². The fraction of sp³-hybridized carbons (Fsp3) is 0.250. The number of carbonyl (C=O) groups is 1. The largest absolute Gasteiger partial charge is 0.494 e. The summed E-state index contributed by atoms with van der Waals surface area (Å²) in [4.78, 5) is 13.5. The summed E-state index contributed by atoms with van der Waals surface area (Å²) < 4.78 is 41.7. The average molecular weight is 205 g/mol. The lowest BCUT2D eigenvalue weighted by molar-refractivity contribution is 0.111. The zero-order valence-corrected chi connectivity index (χ0v) is 7.13. The van der Waals surface area contributed by atoms with Crippen molar-refractivity contribution in [2.75, 3.05) is 7.11 Å². The maximum absolute atomic E-state index is 12.9. The number of aldehydes is 1. The van der Waals surface area contributed by atoms with Gasteiger partial charge in [0.25, 0.3) is 6.43 Å². The minimum absolute atomic E-state index is 0.165. The predicted molar refractivity (Wildman–Crippen MR) is 41.1 cm³/mol. The van der Waals surface area contributed by atoms with Crippen LogP contribution in [0.15, 0.2) is 6.07 Å². The molecule has 0 radical (unpaired) electrons. The Morgan fingerprint density at radius 1 is 1.57 bits per heavy atom. The van der Waals surface area contributed by atoms with Crippen LogP contribution in [0.2, 0.25) is 0 Å². The van der Waals surface area contributed by atoms with Crippen molar-refractivity contribution in [3.8, 4) is 5.75 Å². The zero-order valence-electron chi connectivity index (χ0n) is 7.13. The highest BCUT2D eigenvalue weighted by Crippen LogP contribution is 2.24. The molecule has 0 unspecified atom stereocenters. The quantitative estimate of drug-likeness (QED) is 0.708. The lowest BCUT2D eigenvalue weighted by Crippen LogP contribution is -2.02. The summed E-state index contributed by atoms with van der Waals surface area (Å²) in [6, 6.07) is 0.707. The molecular formula is C8H6F3NO2. The molecule has 76 valence electrons. The molecule has 0 aliphatic carbocycles. The van der Waals surface area contributed by atoms with Gasteiger partial charge in [0.05, 0.1) is 7.11 Å². The van der Waals surface area contributed by atoms with Crippen molar-refractivity contribution in [2.45, 2.75) is 6.43 Å². The van der Waals surface area contributed by atoms with Gasteiger partial charge in [-0.15, -0.1) is 0 Å². The lowest BCUT2D eigenvalue weighted by atomic mass is 10.2. The smallest absolute Gasteiger partial charge is 0.283 e. The van der Waals surface area contributed by atoms with Crippen molar-refractivity contribution < 1.29 is 22.7 Å². The Hall–Kier alpha value is -1.59. The van der Waals surface area contributed by atoms with Crippen LogP contribution in [0, 0.1) is 5.82 Å². The third kappa shape index (κ3) is 1.84. The number of rotatable bonds is 3. The van der Waals surface area contributed by atoms with Gasteiger partial charge in [-0.25, -0.2) is 18.2 Å². The van der Waals surface area contributed by atoms with E-state index in [9.17, 15) is 18.0 Å². The highest BCUT2D eigenvalue weighted by Gasteiger charge is 2.18. The first-order valence-corrected chi connectivity index (χ1v) is 3.58. The SMILES string of the molecule is COc1cc(F)c(C(F)F)nc1C=O. The van der Waals surface area contributed by atoms with Crippen LogP contribution >= 0.6 is 0 Å². The van der Waals surface area contributed by atoms with E-state index < -0.39 is 17.9 Å². The highest BCUT2D eigenvalue weighted by atomic mass is 19.3. The van der Waals surface area contributed by atoms with Gasteiger partial charge in [-0.1, -0.05) is 0 Å². The minimum Gasteiger partial charge on any atom is -0.494 e. The number of aromatic nitrogens is 1. The Morgan fingerprint density at radius 2 is 2.21 bits per heavy atom. The molecule has 0 saturated heterocycles. The summed E-state index contributed by atoms with van der Waals surface area (Å²) in [6.45, 7) is 0. The summed E-state index contributed by atoms with van der Waals surface area (Å²) >= 11 is 0. The third-order valence-electron chi connectivity index (χ3n) is 1.53. The maximum atomic E-state index is 12.9. The Morgan fingerprint density at radius 3 is 2.64 bits per heavy atom. The molecule has 0 aliphatic heterocycles. The Bertz CT molecular complexity index is 355. The molecule has 1 rings (SSSR count). The number of ether oxygens (including phenoxy) is 1. The van der Waals surface area contributed by atoms with E-state index in [-0.39, 0.29) is 17.7 Å². The van der Waals surface area contributed by atoms with Crippen LogP contribution in [0.3, 0.4) is 0 Å². The summed E-state index contributed by atoms with van der Waals surface area (Å²) in [5.74, 6) is -1.36. The van der Waals surface area contributed by atoms with E-state index in [1.807, 2.05) is 0 Å². The maximum Gasteiger partial charge on any atom is 0.283 e. The van der Waals surface area contributed by atoms with Gasteiger partial charge in [-0.05, 0) is 0 Å². The molecule has 6 heteroatoms. The van der Waals surface area contributed by atoms with Gasteiger partial charge < -0.3 is 4.74 Å². The van der Waals surface area contributed by atoms with Crippen molar-refractivity contribution in [1.29, 1.82) is 0 Å². The van der Waals surface area contributed by atoms with Crippen LogP contribution < -0.4 is 4.74 Å². The molecule has 0 aliphatic rings. The van der Waals surface area contributed by atoms with Crippen LogP contribution in [-0.4, -0.2) is 18.4 Å². The first kappa shape index (κ1) is 10.5. The van der Waals surface area contributed by atoms with Gasteiger partial charge in [0, 0.05) is 6.07 Å². The van der Waals surface area contributed by atoms with Crippen LogP contribution in [0.1, 0.15) is 22.6 Å². The second kappa shape index (κ2) is 4.08. The molecule has 0 N–H and O–H groups in total. The highest BCUT2D eigenvalue weighted by molar-refractivity contribution is 5.76. The summed E-state index contributed by atoms with van der Waals surface area (Å²) in [6.07, 6.45) is -2.83. The third-order valence-corrected chi connectivity index (χ3v) is 1.53. The number of hydrogen-bond acceptors (Lipinski definition) is 3. The second-order valence-corrected chi connectivity index (χ2v) is 2.36. The Labute approximate surface area is 77.5 Å². The van der Waals surface area contributed by atoms with Crippen LogP contribution in [0.25, 0.3) is 0 Å². The number of carbonyl (C=O) groups excluding carboxylic acids is 1. The zero-order chi connectivity index (χ0) is 10.7. The van der Waals surface area contributed by atoms with E-state index >= 15 is 0 Å². The summed E-state index contributed by atoms with van der Waals surface area (Å²) in [7, 11) is 1.19. The van der Waals surface area contributed by atoms with Gasteiger partial charge in [-0.3, -0.25) is 4.79 Å². The molecule has 1 aromatic rings. The van der Waals surface area contributed by atoms with Crippen molar-refractivity contribution in [1.82, 2.24) is 4.98 Å². The van der Waals surface area contributed by atoms with Gasteiger partial charge in [0.2, 0.25) is 0 Å². The molecule has 0 aromatic carbocycles. The second-order valence-electron chi connectivity index (χ2n) is 2.36. The average Bonchev–Trinajstić information content (AvgIpc) is 2.16. The molecule has 3 nitrogen and oxygen atoms in total. The number of halogens is 3. The van der Waals surface area contributed by atoms with Crippen molar-refractivity contribution in [3.63, 3.8) is 0 Å². The molecule has 1 aromatic heterocycles. The van der Waals surface area contributed by atoms with Crippen LogP contribution in [0.4, 0.5) is 13.2 Å². The normalized spacial score (nSPS) is 10.4. The van der Waals surface area contributed by atoms with Gasteiger partial charge >= 0.3 is 0 Å². The monoisotopic (exact) mass is 205 g/mol. The molecule has 0 saturated carbocycles. The summed E-state index contributed by atoms with van der Waals surface area (Å²) in [5.41, 5.74) is -1.39. The van der Waals surface area contributed by atoms with Crippen LogP contribution in [-0.2, 0) is 0 Å².